The standard InChI is InChI=1S/C19H19N5O4S/c1-11-6-3-4-8-13(11)20-17-18(23-29-22-17)21-14-9-5-7-12(16(14)27)19(28)24(2)10-15(25)26/h3-9,27H,10H2,1-2H3,(H,20,22)(H,21,23)(H,25,26). The van der Waals surface area contributed by atoms with Crippen LogP contribution in [0, 0.1) is 6.92 Å². The molecular formula is C19H19N5O4S. The molecule has 0 fully saturated rings. The number of anilines is 4. The summed E-state index contributed by atoms with van der Waals surface area (Å²) in [6, 6.07) is 12.3. The Morgan fingerprint density at radius 2 is 1.66 bits per heavy atom. The third-order valence-corrected chi connectivity index (χ3v) is 4.65. The van der Waals surface area contributed by atoms with Crippen molar-refractivity contribution in [3.8, 4) is 5.75 Å². The molecule has 9 nitrogen and oxygen atoms in total. The number of carbonyl (C=O) groups is 2. The number of nitrogens with one attached hydrogen (secondary N) is 2. The summed E-state index contributed by atoms with van der Waals surface area (Å²) >= 11 is 0.992. The van der Waals surface area contributed by atoms with Crippen LogP contribution in [0.2, 0.25) is 0 Å². The summed E-state index contributed by atoms with van der Waals surface area (Å²) in [6.45, 7) is 1.49. The number of carboxylic acids is 1. The lowest BCUT2D eigenvalue weighted by molar-refractivity contribution is -0.137. The zero-order valence-corrected chi connectivity index (χ0v) is 16.5. The van der Waals surface area contributed by atoms with Crippen LogP contribution >= 0.6 is 11.7 Å². The molecule has 0 aliphatic carbocycles. The van der Waals surface area contributed by atoms with E-state index in [1.807, 2.05) is 31.2 Å². The lowest BCUT2D eigenvalue weighted by atomic mass is 10.1. The molecule has 150 valence electrons. The fourth-order valence-electron chi connectivity index (χ4n) is 2.62. The van der Waals surface area contributed by atoms with Crippen molar-refractivity contribution in [3.63, 3.8) is 0 Å². The van der Waals surface area contributed by atoms with Gasteiger partial charge < -0.3 is 25.7 Å². The van der Waals surface area contributed by atoms with Crippen molar-refractivity contribution in [2.45, 2.75) is 6.92 Å². The van der Waals surface area contributed by atoms with Crippen LogP contribution < -0.4 is 10.6 Å². The SMILES string of the molecule is Cc1ccccc1Nc1nsnc1Nc1cccc(C(=O)N(C)CC(=O)O)c1O. The lowest BCUT2D eigenvalue weighted by Gasteiger charge is -2.17. The minimum absolute atomic E-state index is 0.0182. The lowest BCUT2D eigenvalue weighted by Crippen LogP contribution is -2.32. The van der Waals surface area contributed by atoms with Crippen molar-refractivity contribution in [1.29, 1.82) is 0 Å². The van der Waals surface area contributed by atoms with Gasteiger partial charge in [0.15, 0.2) is 17.4 Å². The maximum Gasteiger partial charge on any atom is 0.323 e. The molecule has 2 aromatic carbocycles. The molecule has 1 aromatic heterocycles. The van der Waals surface area contributed by atoms with Crippen LogP contribution in [-0.2, 0) is 4.79 Å². The van der Waals surface area contributed by atoms with Gasteiger partial charge in [0.05, 0.1) is 23.0 Å². The Kier molecular flexibility index (Phi) is 5.93. The minimum atomic E-state index is -1.14. The molecule has 0 unspecified atom stereocenters. The van der Waals surface area contributed by atoms with E-state index >= 15 is 0 Å². The summed E-state index contributed by atoms with van der Waals surface area (Å²) in [5, 5.41) is 25.6. The highest BCUT2D eigenvalue weighted by atomic mass is 32.1. The van der Waals surface area contributed by atoms with E-state index in [0.717, 1.165) is 27.9 Å². The Labute approximate surface area is 171 Å². The zero-order chi connectivity index (χ0) is 21.0. The number of aryl methyl sites for hydroxylation is 1. The quantitative estimate of drug-likeness (QED) is 0.435. The van der Waals surface area contributed by atoms with Crippen molar-refractivity contribution < 1.29 is 19.8 Å². The van der Waals surface area contributed by atoms with E-state index in [0.29, 0.717) is 11.6 Å². The molecule has 1 amide bonds. The summed E-state index contributed by atoms with van der Waals surface area (Å²) in [6.07, 6.45) is 0. The van der Waals surface area contributed by atoms with E-state index in [9.17, 15) is 14.7 Å². The molecule has 0 saturated heterocycles. The number of phenols is 1. The molecule has 0 bridgehead atoms. The molecule has 4 N–H and O–H groups in total. The van der Waals surface area contributed by atoms with Gasteiger partial charge in [0, 0.05) is 12.7 Å². The number of carbonyl (C=O) groups excluding carboxylic acids is 1. The zero-order valence-electron chi connectivity index (χ0n) is 15.7. The first-order valence-electron chi connectivity index (χ1n) is 8.58. The van der Waals surface area contributed by atoms with E-state index in [4.69, 9.17) is 5.11 Å². The first-order chi connectivity index (χ1) is 13.9. The van der Waals surface area contributed by atoms with Crippen molar-refractivity contribution >= 4 is 46.6 Å². The van der Waals surface area contributed by atoms with Crippen LogP contribution in [0.4, 0.5) is 23.0 Å². The second-order valence-electron chi connectivity index (χ2n) is 6.28. The van der Waals surface area contributed by atoms with Crippen molar-refractivity contribution in [3.05, 3.63) is 53.6 Å². The number of carboxylic acid groups (broad SMARTS) is 1. The van der Waals surface area contributed by atoms with Gasteiger partial charge in [-0.3, -0.25) is 9.59 Å². The van der Waals surface area contributed by atoms with Gasteiger partial charge >= 0.3 is 5.97 Å². The van der Waals surface area contributed by atoms with Crippen molar-refractivity contribution in [1.82, 2.24) is 13.6 Å². The second kappa shape index (κ2) is 8.57. The van der Waals surface area contributed by atoms with Crippen LogP contribution in [0.15, 0.2) is 42.5 Å². The number of aliphatic carboxylic acids is 1. The Bertz CT molecular complexity index is 1050. The maximum absolute atomic E-state index is 12.4. The van der Waals surface area contributed by atoms with Gasteiger partial charge in [-0.15, -0.1) is 0 Å². The first-order valence-corrected chi connectivity index (χ1v) is 9.31. The van der Waals surface area contributed by atoms with Crippen molar-refractivity contribution in [2.24, 2.45) is 0 Å². The highest BCUT2D eigenvalue weighted by Crippen LogP contribution is 2.33. The number of amides is 1. The predicted molar refractivity (Wildman–Crippen MR) is 110 cm³/mol. The topological polar surface area (TPSA) is 128 Å². The van der Waals surface area contributed by atoms with Gasteiger partial charge in [-0.25, -0.2) is 0 Å². The van der Waals surface area contributed by atoms with E-state index in [1.165, 1.54) is 13.1 Å². The number of phenolic OH excluding ortho intramolecular Hbond substituents is 1. The number of aromatic hydroxyl groups is 1. The van der Waals surface area contributed by atoms with E-state index in [2.05, 4.69) is 19.4 Å². The van der Waals surface area contributed by atoms with Gasteiger partial charge in [0.25, 0.3) is 5.91 Å². The summed E-state index contributed by atoms with van der Waals surface area (Å²) in [4.78, 5) is 24.3. The number of aromatic nitrogens is 2. The van der Waals surface area contributed by atoms with Crippen LogP contribution in [0.5, 0.6) is 5.75 Å². The third kappa shape index (κ3) is 4.61. The number of likely N-dealkylation sites (N-methyl/N-ethyl adjacent to an activating group) is 1. The maximum atomic E-state index is 12.4. The van der Waals surface area contributed by atoms with Gasteiger partial charge in [-0.05, 0) is 30.7 Å². The number of hydrogen-bond donors (Lipinski definition) is 4. The number of rotatable bonds is 7. The monoisotopic (exact) mass is 413 g/mol. The van der Waals surface area contributed by atoms with Crippen LogP contribution in [-0.4, -0.2) is 49.3 Å². The van der Waals surface area contributed by atoms with E-state index < -0.39 is 18.4 Å². The largest absolute Gasteiger partial charge is 0.505 e. The minimum Gasteiger partial charge on any atom is -0.505 e. The van der Waals surface area contributed by atoms with Crippen molar-refractivity contribution in [2.75, 3.05) is 24.2 Å². The number of hydrogen-bond acceptors (Lipinski definition) is 8. The molecule has 1 heterocycles. The molecule has 10 heteroatoms. The third-order valence-electron chi connectivity index (χ3n) is 4.13. The molecule has 0 aliphatic heterocycles. The molecule has 0 atom stereocenters. The van der Waals surface area contributed by atoms with Gasteiger partial charge in [0.2, 0.25) is 0 Å². The number of benzene rings is 2. The van der Waals surface area contributed by atoms with Crippen LogP contribution in [0.3, 0.4) is 0 Å². The molecule has 0 aliphatic rings. The molecule has 29 heavy (non-hydrogen) atoms. The van der Waals surface area contributed by atoms with E-state index in [-0.39, 0.29) is 17.0 Å². The molecular weight excluding hydrogens is 394 g/mol. The molecule has 0 saturated carbocycles. The number of nitrogens with zero attached hydrogens (tertiary/aromatic N) is 3. The summed E-state index contributed by atoms with van der Waals surface area (Å²) in [5.74, 6) is -1.19. The predicted octanol–water partition coefficient (Wildman–Crippen LogP) is 3.20. The molecule has 3 aromatic rings. The smallest absolute Gasteiger partial charge is 0.323 e. The first kappa shape index (κ1) is 20.1. The van der Waals surface area contributed by atoms with Gasteiger partial charge in [0.1, 0.15) is 6.54 Å². The summed E-state index contributed by atoms with van der Waals surface area (Å²) < 4.78 is 8.43. The summed E-state index contributed by atoms with van der Waals surface area (Å²) in [5.41, 5.74) is 2.13. The molecule has 0 spiro atoms. The van der Waals surface area contributed by atoms with Crippen LogP contribution in [0.25, 0.3) is 0 Å². The Balaban J connectivity index is 1.84. The average molecular weight is 413 g/mol. The van der Waals surface area contributed by atoms with Gasteiger partial charge in [-0.1, -0.05) is 24.3 Å². The Morgan fingerprint density at radius 3 is 2.31 bits per heavy atom. The molecule has 3 rings (SSSR count). The van der Waals surface area contributed by atoms with Gasteiger partial charge in [-0.2, -0.15) is 8.75 Å². The fraction of sp³-hybridized carbons (Fsp3) is 0.158. The van der Waals surface area contributed by atoms with Crippen LogP contribution in [0.1, 0.15) is 15.9 Å². The summed E-state index contributed by atoms with van der Waals surface area (Å²) in [7, 11) is 1.35. The van der Waals surface area contributed by atoms with E-state index in [1.54, 1.807) is 12.1 Å². The second-order valence-corrected chi connectivity index (χ2v) is 6.81. The molecule has 0 radical (unpaired) electrons. The Morgan fingerprint density at radius 1 is 1.03 bits per heavy atom. The number of para-hydroxylation sites is 2. The highest BCUT2D eigenvalue weighted by molar-refractivity contribution is 6.99. The Hall–Kier alpha value is -3.66. The normalized spacial score (nSPS) is 10.4. The highest BCUT2D eigenvalue weighted by Gasteiger charge is 2.20. The average Bonchev–Trinajstić information content (AvgIpc) is 3.11. The fourth-order valence-corrected chi connectivity index (χ4v) is 3.09.